The quantitative estimate of drug-likeness (QED) is 0.581. The number of hydrogen-bond acceptors (Lipinski definition) is 6. The van der Waals surface area contributed by atoms with E-state index in [2.05, 4.69) is 29.4 Å². The van der Waals surface area contributed by atoms with E-state index in [1.165, 1.54) is 0 Å². The van der Waals surface area contributed by atoms with E-state index < -0.39 is 0 Å². The maximum absolute atomic E-state index is 12.9. The molecular weight excluding hydrogens is 408 g/mol. The molecule has 2 aromatic rings. The first-order chi connectivity index (χ1) is 15.4. The van der Waals surface area contributed by atoms with Crippen molar-refractivity contribution >= 4 is 23.2 Å². The fourth-order valence-corrected chi connectivity index (χ4v) is 3.89. The summed E-state index contributed by atoms with van der Waals surface area (Å²) in [6.07, 6.45) is 0.210. The van der Waals surface area contributed by atoms with Crippen LogP contribution in [0.2, 0.25) is 0 Å². The van der Waals surface area contributed by atoms with Gasteiger partial charge in [-0.3, -0.25) is 9.59 Å². The van der Waals surface area contributed by atoms with Gasteiger partial charge in [0.15, 0.2) is 0 Å². The number of rotatable bonds is 8. The lowest BCUT2D eigenvalue weighted by Gasteiger charge is -2.41. The van der Waals surface area contributed by atoms with Crippen LogP contribution >= 0.6 is 0 Å². The number of nitrogens with zero attached hydrogens (tertiary/aromatic N) is 1. The Kier molecular flexibility index (Phi) is 8.08. The van der Waals surface area contributed by atoms with Gasteiger partial charge in [0.25, 0.3) is 5.91 Å². The molecule has 4 N–H and O–H groups in total. The number of amides is 2. The standard InChI is InChI=1S/C24H32N4O4/c1-16-14-32-15-17(2)28(16)22-9-6-19(24(30)26-11-10-25)13-21(22)27-23(29)12-18-4-7-20(31-3)8-5-18/h4-9,13,16-17H,10-12,14-15,25H2,1-3H3,(H,26,30)(H,27,29). The summed E-state index contributed by atoms with van der Waals surface area (Å²) in [7, 11) is 1.60. The molecule has 3 rings (SSSR count). The molecule has 2 unspecified atom stereocenters. The van der Waals surface area contributed by atoms with E-state index in [1.54, 1.807) is 19.2 Å². The van der Waals surface area contributed by atoms with Crippen molar-refractivity contribution in [2.75, 3.05) is 43.6 Å². The van der Waals surface area contributed by atoms with Crippen LogP contribution in [-0.2, 0) is 16.0 Å². The van der Waals surface area contributed by atoms with Crippen LogP contribution in [0.15, 0.2) is 42.5 Å². The van der Waals surface area contributed by atoms with Crippen molar-refractivity contribution in [2.45, 2.75) is 32.4 Å². The fraction of sp³-hybridized carbons (Fsp3) is 0.417. The molecule has 8 nitrogen and oxygen atoms in total. The normalized spacial score (nSPS) is 18.2. The molecule has 0 spiro atoms. The van der Waals surface area contributed by atoms with Gasteiger partial charge in [0, 0.05) is 30.7 Å². The van der Waals surface area contributed by atoms with Crippen molar-refractivity contribution in [1.29, 1.82) is 0 Å². The van der Waals surface area contributed by atoms with Crippen molar-refractivity contribution in [3.8, 4) is 5.75 Å². The summed E-state index contributed by atoms with van der Waals surface area (Å²) in [4.78, 5) is 27.6. The highest BCUT2D eigenvalue weighted by Crippen LogP contribution is 2.32. The van der Waals surface area contributed by atoms with Crippen LogP contribution in [0.25, 0.3) is 0 Å². The smallest absolute Gasteiger partial charge is 0.251 e. The molecule has 0 aromatic heterocycles. The maximum Gasteiger partial charge on any atom is 0.251 e. The Bertz CT molecular complexity index is 922. The lowest BCUT2D eigenvalue weighted by molar-refractivity contribution is -0.115. The third-order valence-electron chi connectivity index (χ3n) is 5.43. The molecule has 0 saturated carbocycles. The molecule has 32 heavy (non-hydrogen) atoms. The third-order valence-corrected chi connectivity index (χ3v) is 5.43. The van der Waals surface area contributed by atoms with Crippen LogP contribution in [0, 0.1) is 0 Å². The van der Waals surface area contributed by atoms with Crippen molar-refractivity contribution in [1.82, 2.24) is 5.32 Å². The zero-order valence-electron chi connectivity index (χ0n) is 18.9. The van der Waals surface area contributed by atoms with Crippen LogP contribution in [-0.4, -0.2) is 57.3 Å². The lowest BCUT2D eigenvalue weighted by Crippen LogP contribution is -2.50. The molecule has 8 heteroatoms. The van der Waals surface area contributed by atoms with Crippen molar-refractivity contribution in [3.05, 3.63) is 53.6 Å². The third kappa shape index (κ3) is 5.77. The van der Waals surface area contributed by atoms with Crippen LogP contribution < -0.4 is 26.0 Å². The molecule has 0 bridgehead atoms. The molecule has 1 heterocycles. The molecule has 2 atom stereocenters. The second-order valence-corrected chi connectivity index (χ2v) is 7.99. The lowest BCUT2D eigenvalue weighted by atomic mass is 10.1. The SMILES string of the molecule is COc1ccc(CC(=O)Nc2cc(C(=O)NCCN)ccc2N2C(C)COCC2C)cc1. The van der Waals surface area contributed by atoms with E-state index in [0.717, 1.165) is 17.0 Å². The first-order valence-corrected chi connectivity index (χ1v) is 10.8. The van der Waals surface area contributed by atoms with Crippen molar-refractivity contribution in [3.63, 3.8) is 0 Å². The van der Waals surface area contributed by atoms with Gasteiger partial charge in [-0.15, -0.1) is 0 Å². The minimum absolute atomic E-state index is 0.132. The average molecular weight is 441 g/mol. The molecule has 1 saturated heterocycles. The number of nitrogens with one attached hydrogen (secondary N) is 2. The molecular formula is C24H32N4O4. The molecule has 2 amide bonds. The summed E-state index contributed by atoms with van der Waals surface area (Å²) in [5, 5.41) is 5.79. The highest BCUT2D eigenvalue weighted by atomic mass is 16.5. The number of carbonyl (C=O) groups excluding carboxylic acids is 2. The molecule has 1 fully saturated rings. The van der Waals surface area contributed by atoms with E-state index in [-0.39, 0.29) is 30.3 Å². The fourth-order valence-electron chi connectivity index (χ4n) is 3.89. The van der Waals surface area contributed by atoms with Gasteiger partial charge in [-0.2, -0.15) is 0 Å². The Morgan fingerprint density at radius 3 is 2.44 bits per heavy atom. The predicted molar refractivity (Wildman–Crippen MR) is 125 cm³/mol. The molecule has 0 radical (unpaired) electrons. The van der Waals surface area contributed by atoms with Gasteiger partial charge in [0.05, 0.1) is 38.1 Å². The van der Waals surface area contributed by atoms with E-state index >= 15 is 0 Å². The van der Waals surface area contributed by atoms with Crippen molar-refractivity contribution < 1.29 is 19.1 Å². The first-order valence-electron chi connectivity index (χ1n) is 10.8. The zero-order valence-corrected chi connectivity index (χ0v) is 18.9. The Morgan fingerprint density at radius 1 is 1.12 bits per heavy atom. The first kappa shape index (κ1) is 23.6. The van der Waals surface area contributed by atoms with Gasteiger partial charge >= 0.3 is 0 Å². The van der Waals surface area contributed by atoms with Gasteiger partial charge in [0.2, 0.25) is 5.91 Å². The number of hydrogen-bond donors (Lipinski definition) is 3. The zero-order chi connectivity index (χ0) is 23.1. The van der Waals surface area contributed by atoms with E-state index in [1.807, 2.05) is 30.3 Å². The summed E-state index contributed by atoms with van der Waals surface area (Å²) < 4.78 is 10.8. The predicted octanol–water partition coefficient (Wildman–Crippen LogP) is 2.18. The Balaban J connectivity index is 1.86. The summed E-state index contributed by atoms with van der Waals surface area (Å²) in [5.74, 6) is 0.350. The molecule has 2 aromatic carbocycles. The summed E-state index contributed by atoms with van der Waals surface area (Å²) in [6, 6.07) is 13.0. The van der Waals surface area contributed by atoms with E-state index in [9.17, 15) is 9.59 Å². The van der Waals surface area contributed by atoms with Crippen LogP contribution in [0.3, 0.4) is 0 Å². The minimum Gasteiger partial charge on any atom is -0.497 e. The van der Waals surface area contributed by atoms with E-state index in [4.69, 9.17) is 15.2 Å². The van der Waals surface area contributed by atoms with Gasteiger partial charge in [-0.25, -0.2) is 0 Å². The molecule has 172 valence electrons. The van der Waals surface area contributed by atoms with Crippen molar-refractivity contribution in [2.24, 2.45) is 5.73 Å². The van der Waals surface area contributed by atoms with Gasteiger partial charge in [-0.1, -0.05) is 12.1 Å². The second kappa shape index (κ2) is 11.0. The summed E-state index contributed by atoms with van der Waals surface area (Å²) in [6.45, 7) is 6.11. The monoisotopic (exact) mass is 440 g/mol. The molecule has 1 aliphatic rings. The summed E-state index contributed by atoms with van der Waals surface area (Å²) in [5.41, 5.74) is 8.30. The Labute approximate surface area is 189 Å². The number of anilines is 2. The largest absolute Gasteiger partial charge is 0.497 e. The number of benzene rings is 2. The number of methoxy groups -OCH3 is 1. The highest BCUT2D eigenvalue weighted by Gasteiger charge is 2.28. The highest BCUT2D eigenvalue weighted by molar-refractivity contribution is 6.00. The minimum atomic E-state index is -0.226. The number of morpholine rings is 1. The maximum atomic E-state index is 12.9. The van der Waals surface area contributed by atoms with Crippen LogP contribution in [0.4, 0.5) is 11.4 Å². The Morgan fingerprint density at radius 2 is 1.81 bits per heavy atom. The van der Waals surface area contributed by atoms with Crippen LogP contribution in [0.1, 0.15) is 29.8 Å². The number of carbonyl (C=O) groups is 2. The second-order valence-electron chi connectivity index (χ2n) is 7.99. The van der Waals surface area contributed by atoms with Gasteiger partial charge < -0.3 is 30.7 Å². The topological polar surface area (TPSA) is 106 Å². The van der Waals surface area contributed by atoms with Gasteiger partial charge in [0.1, 0.15) is 5.75 Å². The number of nitrogens with two attached hydrogens (primary N) is 1. The van der Waals surface area contributed by atoms with E-state index in [0.29, 0.717) is 37.6 Å². The number of ether oxygens (including phenoxy) is 2. The average Bonchev–Trinajstić information content (AvgIpc) is 2.78. The molecule has 1 aliphatic heterocycles. The van der Waals surface area contributed by atoms with Crippen LogP contribution in [0.5, 0.6) is 5.75 Å². The van der Waals surface area contributed by atoms with Gasteiger partial charge in [-0.05, 0) is 49.7 Å². The Hall–Kier alpha value is -3.10. The molecule has 0 aliphatic carbocycles. The summed E-state index contributed by atoms with van der Waals surface area (Å²) >= 11 is 0.